The number of nitrogens with one attached hydrogen (secondary N) is 3. The summed E-state index contributed by atoms with van der Waals surface area (Å²) in [6, 6.07) is 12.0. The van der Waals surface area contributed by atoms with Crippen LogP contribution in [0, 0.1) is 0 Å². The molecule has 1 heterocycles. The zero-order valence-corrected chi connectivity index (χ0v) is 16.3. The van der Waals surface area contributed by atoms with Gasteiger partial charge in [0, 0.05) is 19.2 Å². The number of hydrogen-bond acceptors (Lipinski definition) is 4. The molecule has 0 aliphatic heterocycles. The fourth-order valence-corrected chi connectivity index (χ4v) is 2.39. The quantitative estimate of drug-likeness (QED) is 0.464. The van der Waals surface area contributed by atoms with Crippen molar-refractivity contribution in [3.8, 4) is 0 Å². The standard InChI is InChI=1S/C20H29N5O2/c1-4-21-20(23-13-17-12-18(15(2)3)25-27-17)24-14-19(26)22-11-10-16-8-6-5-7-9-16/h5-9,12,15H,4,10-11,13-14H2,1-3H3,(H,22,26)(H2,21,23,24). The van der Waals surface area contributed by atoms with Crippen molar-refractivity contribution in [2.45, 2.75) is 39.7 Å². The van der Waals surface area contributed by atoms with E-state index in [0.717, 1.165) is 17.9 Å². The third-order valence-corrected chi connectivity index (χ3v) is 3.90. The maximum Gasteiger partial charge on any atom is 0.241 e. The number of amides is 1. The number of rotatable bonds is 9. The summed E-state index contributed by atoms with van der Waals surface area (Å²) in [7, 11) is 0. The fraction of sp³-hybridized carbons (Fsp3) is 0.450. The predicted molar refractivity (Wildman–Crippen MR) is 107 cm³/mol. The minimum Gasteiger partial charge on any atom is -0.359 e. The van der Waals surface area contributed by atoms with Crippen molar-refractivity contribution in [1.29, 1.82) is 0 Å². The van der Waals surface area contributed by atoms with Crippen LogP contribution in [0.2, 0.25) is 0 Å². The van der Waals surface area contributed by atoms with Crippen molar-refractivity contribution in [2.24, 2.45) is 4.99 Å². The van der Waals surface area contributed by atoms with E-state index in [1.165, 1.54) is 5.56 Å². The predicted octanol–water partition coefficient (Wildman–Crippen LogP) is 2.21. The molecule has 7 heteroatoms. The Morgan fingerprint density at radius 2 is 1.96 bits per heavy atom. The topological polar surface area (TPSA) is 91.5 Å². The van der Waals surface area contributed by atoms with Gasteiger partial charge in [0.1, 0.15) is 6.54 Å². The average Bonchev–Trinajstić information content (AvgIpc) is 3.14. The minimum atomic E-state index is -0.107. The Kier molecular flexibility index (Phi) is 8.35. The molecule has 2 aromatic rings. The van der Waals surface area contributed by atoms with Crippen molar-refractivity contribution >= 4 is 11.9 Å². The monoisotopic (exact) mass is 371 g/mol. The highest BCUT2D eigenvalue weighted by molar-refractivity contribution is 5.84. The van der Waals surface area contributed by atoms with Gasteiger partial charge >= 0.3 is 0 Å². The van der Waals surface area contributed by atoms with Gasteiger partial charge in [0.15, 0.2) is 11.7 Å². The first-order valence-electron chi connectivity index (χ1n) is 9.36. The van der Waals surface area contributed by atoms with Gasteiger partial charge in [0.25, 0.3) is 0 Å². The highest BCUT2D eigenvalue weighted by Crippen LogP contribution is 2.13. The molecule has 27 heavy (non-hydrogen) atoms. The minimum absolute atomic E-state index is 0.0672. The maximum absolute atomic E-state index is 12.0. The number of carbonyl (C=O) groups excluding carboxylic acids is 1. The maximum atomic E-state index is 12.0. The smallest absolute Gasteiger partial charge is 0.241 e. The Labute approximate surface area is 160 Å². The second kappa shape index (κ2) is 11.0. The fourth-order valence-electron chi connectivity index (χ4n) is 2.39. The van der Waals surface area contributed by atoms with Crippen molar-refractivity contribution in [3.63, 3.8) is 0 Å². The molecule has 0 atom stereocenters. The average molecular weight is 371 g/mol. The Bertz CT molecular complexity index is 725. The number of benzene rings is 1. The lowest BCUT2D eigenvalue weighted by Gasteiger charge is -2.10. The van der Waals surface area contributed by atoms with Crippen molar-refractivity contribution in [1.82, 2.24) is 21.1 Å². The molecule has 0 unspecified atom stereocenters. The lowest BCUT2D eigenvalue weighted by atomic mass is 10.1. The first-order valence-corrected chi connectivity index (χ1v) is 9.36. The molecule has 0 spiro atoms. The summed E-state index contributed by atoms with van der Waals surface area (Å²) in [6.45, 7) is 7.93. The van der Waals surface area contributed by atoms with Gasteiger partial charge in [-0.05, 0) is 24.8 Å². The number of aliphatic imine (C=N–C) groups is 1. The van der Waals surface area contributed by atoms with E-state index in [1.807, 2.05) is 43.3 Å². The SMILES string of the molecule is CCNC(=NCC(=O)NCCc1ccccc1)NCc1cc(C(C)C)no1. The van der Waals surface area contributed by atoms with Gasteiger partial charge in [0.05, 0.1) is 12.2 Å². The van der Waals surface area contributed by atoms with Crippen LogP contribution in [-0.2, 0) is 17.8 Å². The molecular weight excluding hydrogens is 342 g/mol. The summed E-state index contributed by atoms with van der Waals surface area (Å²) < 4.78 is 5.30. The van der Waals surface area contributed by atoms with Crippen molar-refractivity contribution in [3.05, 3.63) is 53.4 Å². The van der Waals surface area contributed by atoms with Gasteiger partial charge < -0.3 is 20.5 Å². The van der Waals surface area contributed by atoms with Gasteiger partial charge in [-0.25, -0.2) is 4.99 Å². The molecule has 1 amide bonds. The highest BCUT2D eigenvalue weighted by atomic mass is 16.5. The van der Waals surface area contributed by atoms with E-state index in [4.69, 9.17) is 4.52 Å². The van der Waals surface area contributed by atoms with Crippen LogP contribution < -0.4 is 16.0 Å². The molecule has 0 saturated carbocycles. The second-order valence-electron chi connectivity index (χ2n) is 6.51. The van der Waals surface area contributed by atoms with Gasteiger partial charge in [-0.1, -0.05) is 49.3 Å². The molecule has 0 aliphatic carbocycles. The van der Waals surface area contributed by atoms with E-state index in [1.54, 1.807) is 0 Å². The van der Waals surface area contributed by atoms with E-state index >= 15 is 0 Å². The summed E-state index contributed by atoms with van der Waals surface area (Å²) in [4.78, 5) is 16.3. The Hall–Kier alpha value is -2.83. The van der Waals surface area contributed by atoms with Crippen molar-refractivity contribution in [2.75, 3.05) is 19.6 Å². The van der Waals surface area contributed by atoms with Crippen LogP contribution in [0.25, 0.3) is 0 Å². The van der Waals surface area contributed by atoms with Gasteiger partial charge in [-0.2, -0.15) is 0 Å². The van der Waals surface area contributed by atoms with Crippen molar-refractivity contribution < 1.29 is 9.32 Å². The summed E-state index contributed by atoms with van der Waals surface area (Å²) in [5, 5.41) is 13.2. The number of nitrogens with zero attached hydrogens (tertiary/aromatic N) is 2. The third kappa shape index (κ3) is 7.52. The summed E-state index contributed by atoms with van der Waals surface area (Å²) in [5.41, 5.74) is 2.12. The van der Waals surface area contributed by atoms with Crippen LogP contribution in [-0.4, -0.2) is 36.7 Å². The zero-order chi connectivity index (χ0) is 19.5. The molecule has 1 aromatic heterocycles. The molecular formula is C20H29N5O2. The molecule has 0 bridgehead atoms. The molecule has 2 rings (SSSR count). The first kappa shape index (κ1) is 20.5. The van der Waals surface area contributed by atoms with Crippen LogP contribution in [0.1, 0.15) is 43.7 Å². The molecule has 0 saturated heterocycles. The Morgan fingerprint density at radius 1 is 1.19 bits per heavy atom. The number of guanidine groups is 1. The zero-order valence-electron chi connectivity index (χ0n) is 16.3. The molecule has 1 aromatic carbocycles. The number of aromatic nitrogens is 1. The Morgan fingerprint density at radius 3 is 2.63 bits per heavy atom. The second-order valence-corrected chi connectivity index (χ2v) is 6.51. The van der Waals surface area contributed by atoms with E-state index < -0.39 is 0 Å². The molecule has 146 valence electrons. The van der Waals surface area contributed by atoms with Crippen LogP contribution in [0.15, 0.2) is 45.9 Å². The van der Waals surface area contributed by atoms with Crippen LogP contribution in [0.5, 0.6) is 0 Å². The number of carbonyl (C=O) groups is 1. The lowest BCUT2D eigenvalue weighted by molar-refractivity contribution is -0.119. The molecule has 0 radical (unpaired) electrons. The third-order valence-electron chi connectivity index (χ3n) is 3.90. The largest absolute Gasteiger partial charge is 0.359 e. The van der Waals surface area contributed by atoms with Crippen LogP contribution in [0.3, 0.4) is 0 Å². The van der Waals surface area contributed by atoms with Gasteiger partial charge in [-0.3, -0.25) is 4.79 Å². The van der Waals surface area contributed by atoms with E-state index in [0.29, 0.717) is 31.5 Å². The molecule has 0 aliphatic rings. The van der Waals surface area contributed by atoms with E-state index in [-0.39, 0.29) is 12.5 Å². The number of hydrogen-bond donors (Lipinski definition) is 3. The highest BCUT2D eigenvalue weighted by Gasteiger charge is 2.08. The first-order chi connectivity index (χ1) is 13.1. The van der Waals surface area contributed by atoms with E-state index in [9.17, 15) is 4.79 Å². The Balaban J connectivity index is 1.76. The van der Waals surface area contributed by atoms with Crippen LogP contribution >= 0.6 is 0 Å². The molecule has 3 N–H and O–H groups in total. The summed E-state index contributed by atoms with van der Waals surface area (Å²) in [6.07, 6.45) is 0.804. The molecule has 0 fully saturated rings. The summed E-state index contributed by atoms with van der Waals surface area (Å²) in [5.74, 6) is 1.52. The van der Waals surface area contributed by atoms with Gasteiger partial charge in [-0.15, -0.1) is 0 Å². The molecule has 7 nitrogen and oxygen atoms in total. The van der Waals surface area contributed by atoms with E-state index in [2.05, 4.69) is 39.9 Å². The lowest BCUT2D eigenvalue weighted by Crippen LogP contribution is -2.38. The normalized spacial score (nSPS) is 11.5. The summed E-state index contributed by atoms with van der Waals surface area (Å²) >= 11 is 0. The van der Waals surface area contributed by atoms with Gasteiger partial charge in [0.2, 0.25) is 5.91 Å². The van der Waals surface area contributed by atoms with Crippen LogP contribution in [0.4, 0.5) is 0 Å².